The molecule has 0 radical (unpaired) electrons. The molecule has 3 aromatic rings. The summed E-state index contributed by atoms with van der Waals surface area (Å²) in [5.74, 6) is 0. The van der Waals surface area contributed by atoms with E-state index in [1.165, 1.54) is 0 Å². The van der Waals surface area contributed by atoms with Crippen LogP contribution >= 0.6 is 0 Å². The first-order valence-corrected chi connectivity index (χ1v) is 10.6. The molecule has 0 aliphatic carbocycles. The van der Waals surface area contributed by atoms with Gasteiger partial charge in [-0.2, -0.15) is 19.0 Å². The molecule has 5 heteroatoms. The molecule has 0 bridgehead atoms. The van der Waals surface area contributed by atoms with Crippen LogP contribution in [0.2, 0.25) is 19.0 Å². The SMILES string of the molecule is CC[B-](CC)(CC)c1cc2ccccc2n1S(=O)(=O)c1ccccc1. The standard InChI is InChI=1S/C20H25BNO2S/c1-4-21(5-2,6-3)20-16-17-12-10-11-15-19(17)22(20)25(23,24)18-13-8-7-9-14-18/h7-16H,4-6H2,1-3H3/q-1. The molecular weight excluding hydrogens is 329 g/mol. The fourth-order valence-electron chi connectivity index (χ4n) is 4.04. The summed E-state index contributed by atoms with van der Waals surface area (Å²) in [6, 6.07) is 18.6. The van der Waals surface area contributed by atoms with Gasteiger partial charge in [-0.15, -0.1) is 5.59 Å². The van der Waals surface area contributed by atoms with Crippen molar-refractivity contribution in [2.75, 3.05) is 0 Å². The molecule has 2 aromatic carbocycles. The lowest BCUT2D eigenvalue weighted by molar-refractivity contribution is 0.590. The van der Waals surface area contributed by atoms with Crippen molar-refractivity contribution in [2.45, 2.75) is 44.6 Å². The van der Waals surface area contributed by atoms with Crippen molar-refractivity contribution >= 4 is 32.7 Å². The lowest BCUT2D eigenvalue weighted by Crippen LogP contribution is -2.50. The van der Waals surface area contributed by atoms with Gasteiger partial charge in [0.2, 0.25) is 0 Å². The Hall–Kier alpha value is -2.01. The second-order valence-electron chi connectivity index (χ2n) is 6.91. The number of fused-ring (bicyclic) bond motifs is 1. The Morgan fingerprint density at radius 1 is 0.840 bits per heavy atom. The molecule has 3 rings (SSSR count). The lowest BCUT2D eigenvalue weighted by atomic mass is 9.19. The molecule has 0 unspecified atom stereocenters. The fraction of sp³-hybridized carbons (Fsp3) is 0.300. The molecule has 0 saturated carbocycles. The van der Waals surface area contributed by atoms with E-state index in [1.54, 1.807) is 28.2 Å². The molecule has 0 spiro atoms. The molecule has 1 aromatic heterocycles. The molecule has 25 heavy (non-hydrogen) atoms. The first kappa shape index (κ1) is 17.8. The predicted molar refractivity (Wildman–Crippen MR) is 108 cm³/mol. The summed E-state index contributed by atoms with van der Waals surface area (Å²) >= 11 is 0. The summed E-state index contributed by atoms with van der Waals surface area (Å²) in [5, 5.41) is 0.985. The summed E-state index contributed by atoms with van der Waals surface area (Å²) in [6.45, 7) is 6.51. The van der Waals surface area contributed by atoms with Gasteiger partial charge < -0.3 is 0 Å². The van der Waals surface area contributed by atoms with Crippen LogP contribution in [-0.4, -0.2) is 18.5 Å². The van der Waals surface area contributed by atoms with Gasteiger partial charge in [0.1, 0.15) is 0 Å². The Kier molecular flexibility index (Phi) is 4.78. The summed E-state index contributed by atoms with van der Waals surface area (Å²) in [6.07, 6.45) is 1.97. The molecule has 0 N–H and O–H groups in total. The van der Waals surface area contributed by atoms with Gasteiger partial charge >= 0.3 is 0 Å². The average molecular weight is 354 g/mol. The van der Waals surface area contributed by atoms with Crippen molar-refractivity contribution in [3.05, 3.63) is 60.7 Å². The van der Waals surface area contributed by atoms with Gasteiger partial charge in [0.15, 0.2) is 0 Å². The van der Waals surface area contributed by atoms with Gasteiger partial charge in [0, 0.05) is 6.15 Å². The summed E-state index contributed by atoms with van der Waals surface area (Å²) in [5.41, 5.74) is 1.72. The maximum absolute atomic E-state index is 13.5. The highest BCUT2D eigenvalue weighted by atomic mass is 32.2. The van der Waals surface area contributed by atoms with E-state index in [2.05, 4.69) is 26.8 Å². The van der Waals surface area contributed by atoms with Crippen molar-refractivity contribution < 1.29 is 8.42 Å². The first-order valence-electron chi connectivity index (χ1n) is 9.12. The molecule has 0 aliphatic rings. The van der Waals surface area contributed by atoms with E-state index in [4.69, 9.17) is 0 Å². The Morgan fingerprint density at radius 2 is 1.40 bits per heavy atom. The highest BCUT2D eigenvalue weighted by Gasteiger charge is 2.30. The molecule has 3 nitrogen and oxygen atoms in total. The number of rotatable bonds is 6. The molecule has 0 atom stereocenters. The van der Waals surface area contributed by atoms with E-state index in [0.29, 0.717) is 4.90 Å². The van der Waals surface area contributed by atoms with Crippen LogP contribution in [0.3, 0.4) is 0 Å². The zero-order valence-corrected chi connectivity index (χ0v) is 16.0. The van der Waals surface area contributed by atoms with Gasteiger partial charge in [0.25, 0.3) is 10.0 Å². The Labute approximate surface area is 150 Å². The van der Waals surface area contributed by atoms with Crippen LogP contribution in [0.1, 0.15) is 20.8 Å². The minimum atomic E-state index is -3.63. The third kappa shape index (κ3) is 2.80. The lowest BCUT2D eigenvalue weighted by Gasteiger charge is -2.38. The van der Waals surface area contributed by atoms with Crippen LogP contribution < -0.4 is 5.59 Å². The monoisotopic (exact) mass is 354 g/mol. The largest absolute Gasteiger partial charge is 0.277 e. The van der Waals surface area contributed by atoms with Gasteiger partial charge in [-0.05, 0) is 23.6 Å². The molecular formula is C20H25BNO2S-. The van der Waals surface area contributed by atoms with Crippen molar-refractivity contribution in [1.29, 1.82) is 0 Å². The van der Waals surface area contributed by atoms with Crippen LogP contribution in [0.5, 0.6) is 0 Å². The zero-order chi connectivity index (χ0) is 18.1. The third-order valence-electron chi connectivity index (χ3n) is 5.95. The van der Waals surface area contributed by atoms with Crippen LogP contribution in [-0.2, 0) is 10.0 Å². The molecule has 132 valence electrons. The van der Waals surface area contributed by atoms with E-state index in [1.807, 2.05) is 30.3 Å². The van der Waals surface area contributed by atoms with Crippen molar-refractivity contribution in [3.8, 4) is 0 Å². The predicted octanol–water partition coefficient (Wildman–Crippen LogP) is 4.59. The van der Waals surface area contributed by atoms with E-state index in [0.717, 1.165) is 35.5 Å². The number of para-hydroxylation sites is 1. The Morgan fingerprint density at radius 3 is 2.00 bits per heavy atom. The minimum absolute atomic E-state index is 0.339. The maximum Gasteiger partial charge on any atom is 0.265 e. The van der Waals surface area contributed by atoms with Crippen LogP contribution in [0.4, 0.5) is 0 Å². The van der Waals surface area contributed by atoms with Crippen molar-refractivity contribution in [3.63, 3.8) is 0 Å². The first-order chi connectivity index (χ1) is 12.0. The number of hydrogen-bond donors (Lipinski definition) is 0. The summed E-state index contributed by atoms with van der Waals surface area (Å²) in [4.78, 5) is 0.339. The van der Waals surface area contributed by atoms with E-state index in [-0.39, 0.29) is 0 Å². The highest BCUT2D eigenvalue weighted by Crippen LogP contribution is 2.27. The molecule has 1 heterocycles. The van der Waals surface area contributed by atoms with Crippen LogP contribution in [0.25, 0.3) is 10.9 Å². The number of benzene rings is 2. The molecule has 0 fully saturated rings. The van der Waals surface area contributed by atoms with E-state index >= 15 is 0 Å². The zero-order valence-electron chi connectivity index (χ0n) is 15.1. The molecule has 0 amide bonds. The summed E-state index contributed by atoms with van der Waals surface area (Å²) < 4.78 is 28.6. The van der Waals surface area contributed by atoms with E-state index in [9.17, 15) is 8.42 Å². The number of nitrogens with zero attached hydrogens (tertiary/aromatic N) is 1. The second kappa shape index (κ2) is 6.72. The maximum atomic E-state index is 13.5. The van der Waals surface area contributed by atoms with Gasteiger partial charge in [0.05, 0.1) is 10.4 Å². The fourth-order valence-corrected chi connectivity index (χ4v) is 5.73. The second-order valence-corrected chi connectivity index (χ2v) is 8.70. The quantitative estimate of drug-likeness (QED) is 0.607. The highest BCUT2D eigenvalue weighted by molar-refractivity contribution is 7.90. The topological polar surface area (TPSA) is 39.1 Å². The van der Waals surface area contributed by atoms with Crippen LogP contribution in [0.15, 0.2) is 65.6 Å². The number of aromatic nitrogens is 1. The Balaban J connectivity index is 2.40. The minimum Gasteiger partial charge on any atom is -0.277 e. The van der Waals surface area contributed by atoms with Crippen LogP contribution in [0, 0.1) is 0 Å². The normalized spacial score (nSPS) is 12.6. The molecule has 0 saturated heterocycles. The third-order valence-corrected chi connectivity index (χ3v) is 7.70. The van der Waals surface area contributed by atoms with Gasteiger partial charge in [-0.25, -0.2) is 8.42 Å². The summed E-state index contributed by atoms with van der Waals surface area (Å²) in [7, 11) is -3.63. The van der Waals surface area contributed by atoms with E-state index < -0.39 is 16.2 Å². The average Bonchev–Trinajstić information content (AvgIpc) is 3.05. The van der Waals surface area contributed by atoms with Crippen molar-refractivity contribution in [2.24, 2.45) is 0 Å². The smallest absolute Gasteiger partial charge is 0.265 e. The molecule has 0 aliphatic heterocycles. The Bertz CT molecular complexity index is 965. The van der Waals surface area contributed by atoms with Gasteiger partial charge in [-0.1, -0.05) is 63.2 Å². The number of hydrogen-bond acceptors (Lipinski definition) is 2. The van der Waals surface area contributed by atoms with Crippen molar-refractivity contribution in [1.82, 2.24) is 3.97 Å². The van der Waals surface area contributed by atoms with Gasteiger partial charge in [-0.3, -0.25) is 3.97 Å².